The standard InChI is InChI=1S/C7H8N2O3S/c1-2-12-7(11)9-4-3-5(10)8-6(9)13/h3-4H,2H2,1H3,(H,8,10,13). The summed E-state index contributed by atoms with van der Waals surface area (Å²) in [6.45, 7) is 1.95. The van der Waals surface area contributed by atoms with E-state index >= 15 is 0 Å². The van der Waals surface area contributed by atoms with Crippen LogP contribution in [0.1, 0.15) is 6.92 Å². The zero-order chi connectivity index (χ0) is 9.84. The number of H-pyrrole nitrogens is 1. The Morgan fingerprint density at radius 1 is 1.77 bits per heavy atom. The number of nitrogens with zero attached hydrogens (tertiary/aromatic N) is 1. The lowest BCUT2D eigenvalue weighted by Gasteiger charge is -2.03. The van der Waals surface area contributed by atoms with E-state index in [1.807, 2.05) is 0 Å². The first-order valence-electron chi connectivity index (χ1n) is 3.64. The van der Waals surface area contributed by atoms with Crippen LogP contribution in [0.3, 0.4) is 0 Å². The molecule has 70 valence electrons. The summed E-state index contributed by atoms with van der Waals surface area (Å²) in [7, 11) is 0. The van der Waals surface area contributed by atoms with E-state index in [0.29, 0.717) is 0 Å². The van der Waals surface area contributed by atoms with Gasteiger partial charge in [0.2, 0.25) is 0 Å². The van der Waals surface area contributed by atoms with E-state index in [2.05, 4.69) is 9.72 Å². The summed E-state index contributed by atoms with van der Waals surface area (Å²) in [5.41, 5.74) is -0.342. The van der Waals surface area contributed by atoms with Crippen LogP contribution in [-0.4, -0.2) is 22.3 Å². The number of aromatic nitrogens is 2. The zero-order valence-electron chi connectivity index (χ0n) is 6.94. The van der Waals surface area contributed by atoms with Crippen molar-refractivity contribution in [2.75, 3.05) is 6.61 Å². The molecule has 1 rings (SSSR count). The fourth-order valence-electron chi connectivity index (χ4n) is 0.754. The molecule has 5 nitrogen and oxygen atoms in total. The summed E-state index contributed by atoms with van der Waals surface area (Å²) >= 11 is 4.74. The Balaban J connectivity index is 3.09. The number of nitrogens with one attached hydrogen (secondary N) is 1. The van der Waals surface area contributed by atoms with Crippen LogP contribution >= 0.6 is 12.2 Å². The van der Waals surface area contributed by atoms with Gasteiger partial charge in [0.15, 0.2) is 4.77 Å². The normalized spacial score (nSPS) is 9.62. The van der Waals surface area contributed by atoms with Gasteiger partial charge in [-0.05, 0) is 19.1 Å². The lowest BCUT2D eigenvalue weighted by atomic mass is 10.6. The van der Waals surface area contributed by atoms with Crippen molar-refractivity contribution in [3.05, 3.63) is 27.4 Å². The predicted octanol–water partition coefficient (Wildman–Crippen LogP) is 0.910. The fraction of sp³-hybridized carbons (Fsp3) is 0.286. The molecule has 0 aliphatic rings. The average Bonchev–Trinajstić information content (AvgIpc) is 2.04. The number of ether oxygens (including phenoxy) is 1. The molecule has 13 heavy (non-hydrogen) atoms. The van der Waals surface area contributed by atoms with Gasteiger partial charge < -0.3 is 4.74 Å². The lowest BCUT2D eigenvalue weighted by molar-refractivity contribution is 0.153. The van der Waals surface area contributed by atoms with E-state index < -0.39 is 6.09 Å². The molecule has 0 unspecified atom stereocenters. The Bertz CT molecular complexity index is 420. The lowest BCUT2D eigenvalue weighted by Crippen LogP contribution is -2.19. The van der Waals surface area contributed by atoms with Crippen molar-refractivity contribution in [3.63, 3.8) is 0 Å². The molecule has 6 heteroatoms. The molecule has 0 aliphatic carbocycles. The largest absolute Gasteiger partial charge is 0.449 e. The molecule has 0 atom stereocenters. The van der Waals surface area contributed by atoms with E-state index in [-0.39, 0.29) is 16.9 Å². The van der Waals surface area contributed by atoms with E-state index in [4.69, 9.17) is 12.2 Å². The minimum Gasteiger partial charge on any atom is -0.449 e. The Hall–Kier alpha value is -1.43. The third-order valence-corrected chi connectivity index (χ3v) is 1.59. The molecule has 1 heterocycles. The number of hydrogen-bond donors (Lipinski definition) is 1. The van der Waals surface area contributed by atoms with Crippen LogP contribution < -0.4 is 5.56 Å². The monoisotopic (exact) mass is 200 g/mol. The molecule has 0 aliphatic heterocycles. The Kier molecular flexibility index (Phi) is 2.97. The van der Waals surface area contributed by atoms with Crippen LogP contribution in [0.4, 0.5) is 4.79 Å². The fourth-order valence-corrected chi connectivity index (χ4v) is 0.990. The van der Waals surface area contributed by atoms with Gasteiger partial charge in [0.05, 0.1) is 6.61 Å². The first-order chi connectivity index (χ1) is 6.15. The molecule has 0 fully saturated rings. The summed E-state index contributed by atoms with van der Waals surface area (Å²) in [5, 5.41) is 0. The highest BCUT2D eigenvalue weighted by atomic mass is 32.1. The van der Waals surface area contributed by atoms with Crippen LogP contribution in [0.5, 0.6) is 0 Å². The second-order valence-electron chi connectivity index (χ2n) is 2.18. The maximum Gasteiger partial charge on any atom is 0.420 e. The molecule has 0 aromatic carbocycles. The van der Waals surface area contributed by atoms with Gasteiger partial charge in [-0.3, -0.25) is 9.78 Å². The van der Waals surface area contributed by atoms with Crippen LogP contribution in [-0.2, 0) is 4.74 Å². The number of hydrogen-bond acceptors (Lipinski definition) is 4. The van der Waals surface area contributed by atoms with Crippen molar-refractivity contribution in [1.82, 2.24) is 9.55 Å². The maximum atomic E-state index is 11.1. The second kappa shape index (κ2) is 3.99. The second-order valence-corrected chi connectivity index (χ2v) is 2.57. The highest BCUT2D eigenvalue weighted by molar-refractivity contribution is 7.71. The van der Waals surface area contributed by atoms with Gasteiger partial charge in [-0.2, -0.15) is 0 Å². The summed E-state index contributed by atoms with van der Waals surface area (Å²) < 4.78 is 5.77. The number of carbonyl (C=O) groups is 1. The van der Waals surface area contributed by atoms with Gasteiger partial charge in [0.1, 0.15) is 0 Å². The smallest absolute Gasteiger partial charge is 0.420 e. The minimum absolute atomic E-state index is 0.0333. The van der Waals surface area contributed by atoms with E-state index in [9.17, 15) is 9.59 Å². The third kappa shape index (κ3) is 2.25. The Labute approximate surface area is 79.0 Å². The van der Waals surface area contributed by atoms with E-state index in [1.165, 1.54) is 12.3 Å². The van der Waals surface area contributed by atoms with Crippen molar-refractivity contribution in [2.45, 2.75) is 6.92 Å². The SMILES string of the molecule is CCOC(=O)n1ccc(=O)[nH]c1=S. The molecular formula is C7H8N2O3S. The molecule has 0 saturated carbocycles. The van der Waals surface area contributed by atoms with Gasteiger partial charge in [-0.1, -0.05) is 0 Å². The minimum atomic E-state index is -0.594. The maximum absolute atomic E-state index is 11.1. The number of rotatable bonds is 1. The van der Waals surface area contributed by atoms with Gasteiger partial charge in [0.25, 0.3) is 5.56 Å². The van der Waals surface area contributed by atoms with Crippen LogP contribution in [0.25, 0.3) is 0 Å². The zero-order valence-corrected chi connectivity index (χ0v) is 7.76. The topological polar surface area (TPSA) is 64.1 Å². The average molecular weight is 200 g/mol. The van der Waals surface area contributed by atoms with Crippen molar-refractivity contribution < 1.29 is 9.53 Å². The summed E-state index contributed by atoms with van der Waals surface area (Å²) in [5.74, 6) is 0. The van der Waals surface area contributed by atoms with Gasteiger partial charge in [-0.15, -0.1) is 0 Å². The molecule has 0 radical (unpaired) electrons. The van der Waals surface area contributed by atoms with Crippen LogP contribution in [0.2, 0.25) is 0 Å². The molecule has 0 spiro atoms. The van der Waals surface area contributed by atoms with E-state index in [1.54, 1.807) is 6.92 Å². The molecule has 0 saturated heterocycles. The van der Waals surface area contributed by atoms with Crippen LogP contribution in [0, 0.1) is 4.77 Å². The third-order valence-electron chi connectivity index (χ3n) is 1.29. The first-order valence-corrected chi connectivity index (χ1v) is 4.05. The van der Waals surface area contributed by atoms with Gasteiger partial charge >= 0.3 is 6.09 Å². The summed E-state index contributed by atoms with van der Waals surface area (Å²) in [4.78, 5) is 24.2. The van der Waals surface area contributed by atoms with Crippen molar-refractivity contribution in [1.29, 1.82) is 0 Å². The molecule has 0 amide bonds. The van der Waals surface area contributed by atoms with Crippen LogP contribution in [0.15, 0.2) is 17.1 Å². The molecule has 0 bridgehead atoms. The molecule has 1 aromatic heterocycles. The highest BCUT2D eigenvalue weighted by Gasteiger charge is 2.04. The summed E-state index contributed by atoms with van der Waals surface area (Å²) in [6.07, 6.45) is 0.683. The first kappa shape index (κ1) is 9.66. The van der Waals surface area contributed by atoms with Crippen molar-refractivity contribution >= 4 is 18.3 Å². The quantitative estimate of drug-likeness (QED) is 0.684. The Morgan fingerprint density at radius 2 is 2.46 bits per heavy atom. The van der Waals surface area contributed by atoms with Crippen molar-refractivity contribution in [2.24, 2.45) is 0 Å². The number of aromatic amines is 1. The predicted molar refractivity (Wildman–Crippen MR) is 48.3 cm³/mol. The van der Waals surface area contributed by atoms with Crippen molar-refractivity contribution in [3.8, 4) is 0 Å². The number of carbonyl (C=O) groups excluding carboxylic acids is 1. The Morgan fingerprint density at radius 3 is 3.00 bits per heavy atom. The molecular weight excluding hydrogens is 192 g/mol. The molecule has 1 N–H and O–H groups in total. The van der Waals surface area contributed by atoms with E-state index in [0.717, 1.165) is 4.57 Å². The molecule has 1 aromatic rings. The summed E-state index contributed by atoms with van der Waals surface area (Å²) in [6, 6.07) is 1.20. The highest BCUT2D eigenvalue weighted by Crippen LogP contribution is 1.89. The van der Waals surface area contributed by atoms with Gasteiger partial charge in [-0.25, -0.2) is 9.36 Å². The van der Waals surface area contributed by atoms with Gasteiger partial charge in [0, 0.05) is 12.3 Å².